The molecule has 7 nitrogen and oxygen atoms in total. The summed E-state index contributed by atoms with van der Waals surface area (Å²) in [5.41, 5.74) is 2.02. The van der Waals surface area contributed by atoms with Crippen LogP contribution in [0.25, 0.3) is 0 Å². The van der Waals surface area contributed by atoms with Crippen LogP contribution in [-0.4, -0.2) is 31.4 Å². The van der Waals surface area contributed by atoms with Crippen LogP contribution < -0.4 is 16.0 Å². The van der Waals surface area contributed by atoms with Gasteiger partial charge in [-0.3, -0.25) is 5.32 Å². The Morgan fingerprint density at radius 2 is 2.09 bits per heavy atom. The van der Waals surface area contributed by atoms with E-state index in [2.05, 4.69) is 21.1 Å². The molecule has 2 rings (SSSR count). The van der Waals surface area contributed by atoms with Gasteiger partial charge in [-0.25, -0.2) is 4.79 Å². The average molecular weight is 304 g/mol. The number of benzene rings is 1. The monoisotopic (exact) mass is 304 g/mol. The maximum atomic E-state index is 11.7. The Kier molecular flexibility index (Phi) is 5.79. The summed E-state index contributed by atoms with van der Waals surface area (Å²) in [7, 11) is 1.67. The van der Waals surface area contributed by atoms with Crippen molar-refractivity contribution < 1.29 is 14.1 Å². The fraction of sp³-hybridized carbons (Fsp3) is 0.333. The number of carbonyl (C=O) groups is 1. The standard InChI is InChI=1S/C15H20N4O3/c1-11-9-14(19-22-11)18-15(20)17-10-12-3-5-13(6-4-12)16-7-8-21-2/h3-6,9,16H,7-8,10H2,1-2H3,(H2,17,18,19,20). The summed E-state index contributed by atoms with van der Waals surface area (Å²) in [5.74, 6) is 1.04. The smallest absolute Gasteiger partial charge is 0.320 e. The van der Waals surface area contributed by atoms with Gasteiger partial charge >= 0.3 is 6.03 Å². The van der Waals surface area contributed by atoms with Crippen LogP contribution in [-0.2, 0) is 11.3 Å². The number of methoxy groups -OCH3 is 1. The molecule has 0 aliphatic carbocycles. The summed E-state index contributed by atoms with van der Waals surface area (Å²) in [6.07, 6.45) is 0. The van der Waals surface area contributed by atoms with Crippen LogP contribution >= 0.6 is 0 Å². The Balaban J connectivity index is 1.75. The lowest BCUT2D eigenvalue weighted by Gasteiger charge is -2.08. The van der Waals surface area contributed by atoms with Crippen LogP contribution in [0.5, 0.6) is 0 Å². The molecule has 0 atom stereocenters. The summed E-state index contributed by atoms with van der Waals surface area (Å²) < 4.78 is 9.85. The van der Waals surface area contributed by atoms with E-state index in [-0.39, 0.29) is 6.03 Å². The Bertz CT molecular complexity index is 595. The molecular formula is C15H20N4O3. The second-order valence-electron chi connectivity index (χ2n) is 4.75. The number of anilines is 2. The molecular weight excluding hydrogens is 284 g/mol. The number of carbonyl (C=O) groups excluding carboxylic acids is 1. The van der Waals surface area contributed by atoms with E-state index in [4.69, 9.17) is 9.26 Å². The van der Waals surface area contributed by atoms with Gasteiger partial charge in [-0.1, -0.05) is 17.3 Å². The zero-order chi connectivity index (χ0) is 15.8. The predicted octanol–water partition coefficient (Wildman–Crippen LogP) is 2.36. The average Bonchev–Trinajstić information content (AvgIpc) is 2.92. The van der Waals surface area contributed by atoms with Crippen LogP contribution in [0.1, 0.15) is 11.3 Å². The molecule has 1 aromatic carbocycles. The second kappa shape index (κ2) is 8.04. The highest BCUT2D eigenvalue weighted by Crippen LogP contribution is 2.09. The highest BCUT2D eigenvalue weighted by atomic mass is 16.5. The summed E-state index contributed by atoms with van der Waals surface area (Å²) in [5, 5.41) is 12.3. The number of aromatic nitrogens is 1. The fourth-order valence-electron chi connectivity index (χ4n) is 1.81. The van der Waals surface area contributed by atoms with E-state index in [1.54, 1.807) is 20.1 Å². The van der Waals surface area contributed by atoms with Crippen molar-refractivity contribution in [3.8, 4) is 0 Å². The van der Waals surface area contributed by atoms with Gasteiger partial charge in [-0.05, 0) is 24.6 Å². The molecule has 0 spiro atoms. The topological polar surface area (TPSA) is 88.4 Å². The molecule has 7 heteroatoms. The molecule has 0 aliphatic rings. The van der Waals surface area contributed by atoms with E-state index in [1.165, 1.54) is 0 Å². The number of rotatable bonds is 7. The van der Waals surface area contributed by atoms with Gasteiger partial charge in [0.05, 0.1) is 6.61 Å². The molecule has 0 saturated carbocycles. The lowest BCUT2D eigenvalue weighted by Crippen LogP contribution is -2.28. The number of aryl methyl sites for hydroxylation is 1. The molecule has 1 heterocycles. The first-order valence-corrected chi connectivity index (χ1v) is 6.97. The van der Waals surface area contributed by atoms with Gasteiger partial charge in [0, 0.05) is 32.0 Å². The van der Waals surface area contributed by atoms with E-state index >= 15 is 0 Å². The van der Waals surface area contributed by atoms with Crippen LogP contribution in [0, 0.1) is 6.92 Å². The Labute approximate surface area is 129 Å². The van der Waals surface area contributed by atoms with Crippen molar-refractivity contribution in [3.63, 3.8) is 0 Å². The molecule has 0 radical (unpaired) electrons. The lowest BCUT2D eigenvalue weighted by molar-refractivity contribution is 0.211. The molecule has 0 aliphatic heterocycles. The first-order valence-electron chi connectivity index (χ1n) is 6.97. The highest BCUT2D eigenvalue weighted by Gasteiger charge is 2.05. The third-order valence-electron chi connectivity index (χ3n) is 2.91. The fourth-order valence-corrected chi connectivity index (χ4v) is 1.81. The molecule has 3 N–H and O–H groups in total. The predicted molar refractivity (Wildman–Crippen MR) is 83.9 cm³/mol. The normalized spacial score (nSPS) is 10.3. The Morgan fingerprint density at radius 3 is 2.73 bits per heavy atom. The van der Waals surface area contributed by atoms with Crippen LogP contribution in [0.4, 0.5) is 16.3 Å². The summed E-state index contributed by atoms with van der Waals surface area (Å²) in [4.78, 5) is 11.7. The number of ether oxygens (including phenoxy) is 1. The molecule has 0 bridgehead atoms. The number of amides is 2. The largest absolute Gasteiger partial charge is 0.383 e. The van der Waals surface area contributed by atoms with Gasteiger partial charge < -0.3 is 19.9 Å². The maximum Gasteiger partial charge on any atom is 0.320 e. The van der Waals surface area contributed by atoms with Gasteiger partial charge in [-0.2, -0.15) is 0 Å². The summed E-state index contributed by atoms with van der Waals surface area (Å²) in [6, 6.07) is 9.17. The van der Waals surface area contributed by atoms with Crippen molar-refractivity contribution in [2.24, 2.45) is 0 Å². The van der Waals surface area contributed by atoms with Crippen molar-refractivity contribution >= 4 is 17.5 Å². The van der Waals surface area contributed by atoms with Gasteiger partial charge in [-0.15, -0.1) is 0 Å². The van der Waals surface area contributed by atoms with Crippen LogP contribution in [0.15, 0.2) is 34.9 Å². The minimum Gasteiger partial charge on any atom is -0.383 e. The van der Waals surface area contributed by atoms with E-state index in [9.17, 15) is 4.79 Å². The highest BCUT2D eigenvalue weighted by molar-refractivity contribution is 5.88. The first-order chi connectivity index (χ1) is 10.7. The molecule has 0 fully saturated rings. The zero-order valence-corrected chi connectivity index (χ0v) is 12.7. The van der Waals surface area contributed by atoms with Crippen LogP contribution in [0.3, 0.4) is 0 Å². The quantitative estimate of drug-likeness (QED) is 0.683. The summed E-state index contributed by atoms with van der Waals surface area (Å²) in [6.45, 7) is 3.61. The summed E-state index contributed by atoms with van der Waals surface area (Å²) >= 11 is 0. The van der Waals surface area contributed by atoms with Crippen molar-refractivity contribution in [3.05, 3.63) is 41.7 Å². The van der Waals surface area contributed by atoms with Gasteiger partial charge in [0.2, 0.25) is 0 Å². The van der Waals surface area contributed by atoms with Crippen molar-refractivity contribution in [1.82, 2.24) is 10.5 Å². The maximum absolute atomic E-state index is 11.7. The van der Waals surface area contributed by atoms with Crippen molar-refractivity contribution in [2.75, 3.05) is 30.9 Å². The Hall–Kier alpha value is -2.54. The SMILES string of the molecule is COCCNc1ccc(CNC(=O)Nc2cc(C)on2)cc1. The Morgan fingerprint density at radius 1 is 1.32 bits per heavy atom. The third kappa shape index (κ3) is 5.10. The molecule has 2 amide bonds. The zero-order valence-electron chi connectivity index (χ0n) is 12.7. The molecule has 118 valence electrons. The number of nitrogens with one attached hydrogen (secondary N) is 3. The number of hydrogen-bond donors (Lipinski definition) is 3. The van der Waals surface area contributed by atoms with Gasteiger partial charge in [0.25, 0.3) is 0 Å². The van der Waals surface area contributed by atoms with Gasteiger partial charge in [0.15, 0.2) is 5.82 Å². The minimum absolute atomic E-state index is 0.324. The molecule has 22 heavy (non-hydrogen) atoms. The van der Waals surface area contributed by atoms with E-state index in [0.29, 0.717) is 24.7 Å². The molecule has 0 saturated heterocycles. The van der Waals surface area contributed by atoms with E-state index < -0.39 is 0 Å². The molecule has 2 aromatic rings. The molecule has 0 unspecified atom stereocenters. The first kappa shape index (κ1) is 15.8. The number of nitrogens with zero attached hydrogens (tertiary/aromatic N) is 1. The molecule has 1 aromatic heterocycles. The van der Waals surface area contributed by atoms with Crippen LogP contribution in [0.2, 0.25) is 0 Å². The number of urea groups is 1. The van der Waals surface area contributed by atoms with Crippen molar-refractivity contribution in [2.45, 2.75) is 13.5 Å². The van der Waals surface area contributed by atoms with Crippen molar-refractivity contribution in [1.29, 1.82) is 0 Å². The van der Waals surface area contributed by atoms with Gasteiger partial charge in [0.1, 0.15) is 5.76 Å². The third-order valence-corrected chi connectivity index (χ3v) is 2.91. The van der Waals surface area contributed by atoms with E-state index in [1.807, 2.05) is 24.3 Å². The lowest BCUT2D eigenvalue weighted by atomic mass is 10.2. The minimum atomic E-state index is -0.324. The number of hydrogen-bond acceptors (Lipinski definition) is 5. The second-order valence-corrected chi connectivity index (χ2v) is 4.75. The van der Waals surface area contributed by atoms with E-state index in [0.717, 1.165) is 17.8 Å².